The molecule has 3 aromatic rings. The third kappa shape index (κ3) is 4.75. The molecule has 1 atom stereocenters. The summed E-state index contributed by atoms with van der Waals surface area (Å²) in [5.41, 5.74) is 2.69. The van der Waals surface area contributed by atoms with Crippen LogP contribution >= 0.6 is 11.3 Å². The summed E-state index contributed by atoms with van der Waals surface area (Å²) in [5, 5.41) is 9.82. The van der Waals surface area contributed by atoms with Crippen molar-refractivity contribution in [3.8, 4) is 0 Å². The number of nitrogens with zero attached hydrogens (tertiary/aromatic N) is 3. The molecule has 2 aromatic carbocycles. The van der Waals surface area contributed by atoms with Crippen LogP contribution in [0.2, 0.25) is 0 Å². The molecule has 1 fully saturated rings. The van der Waals surface area contributed by atoms with Gasteiger partial charge in [-0.2, -0.15) is 4.99 Å². The van der Waals surface area contributed by atoms with Crippen LogP contribution in [0, 0.1) is 6.92 Å². The summed E-state index contributed by atoms with van der Waals surface area (Å²) in [6, 6.07) is 11.5. The lowest BCUT2D eigenvalue weighted by atomic mass is 10.1. The van der Waals surface area contributed by atoms with E-state index in [1.807, 2.05) is 24.0 Å². The van der Waals surface area contributed by atoms with Gasteiger partial charge in [-0.15, -0.1) is 0 Å². The molecule has 1 saturated heterocycles. The lowest BCUT2D eigenvalue weighted by Gasteiger charge is -2.26. The highest BCUT2D eigenvalue weighted by molar-refractivity contribution is 7.16. The average Bonchev–Trinajstić information content (AvgIpc) is 3.16. The van der Waals surface area contributed by atoms with Gasteiger partial charge in [0, 0.05) is 24.2 Å². The number of hydrogen-bond donors (Lipinski definition) is 1. The van der Waals surface area contributed by atoms with E-state index in [4.69, 9.17) is 0 Å². The van der Waals surface area contributed by atoms with Gasteiger partial charge in [-0.05, 0) is 62.9 Å². The van der Waals surface area contributed by atoms with Crippen molar-refractivity contribution in [3.05, 3.63) is 64.0 Å². The normalized spacial score (nSPS) is 15.6. The topological polar surface area (TPSA) is 92.0 Å². The summed E-state index contributed by atoms with van der Waals surface area (Å²) in [5.74, 6) is -1.44. The Morgan fingerprint density at radius 3 is 2.33 bits per heavy atom. The van der Waals surface area contributed by atoms with Gasteiger partial charge in [0.15, 0.2) is 4.80 Å². The molecule has 1 aliphatic rings. The summed E-state index contributed by atoms with van der Waals surface area (Å²) in [6.45, 7) is 5.23. The van der Waals surface area contributed by atoms with Crippen molar-refractivity contribution in [3.63, 3.8) is 0 Å². The standard InChI is InChI=1S/C25H27N3O4S/c1-3-19(24(31)32)28-20-12-11-18(23(30)27-13-5-4-6-14-27)15-21(20)33-25(28)26-22(29)17-9-7-16(2)8-10-17/h7-12,15,19H,3-6,13-14H2,1-2H3,(H,31,32). The van der Waals surface area contributed by atoms with E-state index in [9.17, 15) is 19.5 Å². The lowest BCUT2D eigenvalue weighted by molar-refractivity contribution is -0.140. The third-order valence-corrected chi connectivity index (χ3v) is 7.01. The molecule has 0 aliphatic carbocycles. The maximum atomic E-state index is 13.0. The molecule has 4 rings (SSSR count). The summed E-state index contributed by atoms with van der Waals surface area (Å²) >= 11 is 1.23. The van der Waals surface area contributed by atoms with E-state index < -0.39 is 17.9 Å². The van der Waals surface area contributed by atoms with E-state index in [1.165, 1.54) is 11.3 Å². The fraction of sp³-hybridized carbons (Fsp3) is 0.360. The number of carbonyl (C=O) groups is 3. The molecule has 33 heavy (non-hydrogen) atoms. The number of hydrogen-bond acceptors (Lipinski definition) is 4. The Kier molecular flexibility index (Phi) is 6.74. The van der Waals surface area contributed by atoms with Crippen LogP contribution in [-0.4, -0.2) is 45.4 Å². The Morgan fingerprint density at radius 1 is 1.03 bits per heavy atom. The number of rotatable bonds is 5. The molecule has 0 bridgehead atoms. The second-order valence-electron chi connectivity index (χ2n) is 8.34. The third-order valence-electron chi connectivity index (χ3n) is 6.00. The fourth-order valence-electron chi connectivity index (χ4n) is 4.15. The number of aryl methyl sites for hydroxylation is 1. The lowest BCUT2D eigenvalue weighted by Crippen LogP contribution is -2.35. The molecule has 0 spiro atoms. The van der Waals surface area contributed by atoms with Gasteiger partial charge in [0.05, 0.1) is 10.2 Å². The van der Waals surface area contributed by atoms with Crippen molar-refractivity contribution in [1.29, 1.82) is 0 Å². The molecular formula is C25H27N3O4S. The van der Waals surface area contributed by atoms with Crippen LogP contribution in [0.4, 0.5) is 0 Å². The van der Waals surface area contributed by atoms with Crippen LogP contribution in [0.3, 0.4) is 0 Å². The predicted octanol–water partition coefficient (Wildman–Crippen LogP) is 4.41. The largest absolute Gasteiger partial charge is 0.480 e. The van der Waals surface area contributed by atoms with Crippen molar-refractivity contribution in [1.82, 2.24) is 9.47 Å². The van der Waals surface area contributed by atoms with Crippen LogP contribution in [0.5, 0.6) is 0 Å². The van der Waals surface area contributed by atoms with E-state index >= 15 is 0 Å². The Hall–Kier alpha value is -3.26. The summed E-state index contributed by atoms with van der Waals surface area (Å²) in [4.78, 5) is 44.3. The van der Waals surface area contributed by atoms with Gasteiger partial charge in [0.1, 0.15) is 6.04 Å². The molecular weight excluding hydrogens is 438 g/mol. The van der Waals surface area contributed by atoms with Crippen LogP contribution in [0.15, 0.2) is 47.5 Å². The molecule has 1 N–H and O–H groups in total. The van der Waals surface area contributed by atoms with Gasteiger partial charge in [-0.25, -0.2) is 4.79 Å². The fourth-order valence-corrected chi connectivity index (χ4v) is 5.26. The highest BCUT2D eigenvalue weighted by atomic mass is 32.1. The first-order chi connectivity index (χ1) is 15.9. The highest BCUT2D eigenvalue weighted by Crippen LogP contribution is 2.25. The predicted molar refractivity (Wildman–Crippen MR) is 128 cm³/mol. The molecule has 172 valence electrons. The Bertz CT molecular complexity index is 1270. The number of aromatic nitrogens is 1. The Balaban J connectivity index is 1.81. The minimum Gasteiger partial charge on any atom is -0.480 e. The van der Waals surface area contributed by atoms with Gasteiger partial charge in [0.25, 0.3) is 11.8 Å². The number of carboxylic acids is 1. The number of carboxylic acid groups (broad SMARTS) is 1. The summed E-state index contributed by atoms with van der Waals surface area (Å²) in [7, 11) is 0. The van der Waals surface area contributed by atoms with Crippen molar-refractivity contribution in [2.75, 3.05) is 13.1 Å². The molecule has 7 nitrogen and oxygen atoms in total. The van der Waals surface area contributed by atoms with Crippen LogP contribution in [0.25, 0.3) is 10.2 Å². The molecule has 0 radical (unpaired) electrons. The van der Waals surface area contributed by atoms with E-state index in [-0.39, 0.29) is 5.91 Å². The number of amides is 2. The zero-order valence-corrected chi connectivity index (χ0v) is 19.6. The monoisotopic (exact) mass is 465 g/mol. The van der Waals surface area contributed by atoms with Gasteiger partial charge < -0.3 is 14.6 Å². The second-order valence-corrected chi connectivity index (χ2v) is 9.34. The number of fused-ring (bicyclic) bond motifs is 1. The zero-order chi connectivity index (χ0) is 23.5. The number of piperidine rings is 1. The van der Waals surface area contributed by atoms with Gasteiger partial charge in [0.2, 0.25) is 0 Å². The molecule has 1 aliphatic heterocycles. The van der Waals surface area contributed by atoms with Crippen LogP contribution in [0.1, 0.15) is 64.9 Å². The van der Waals surface area contributed by atoms with E-state index in [2.05, 4.69) is 4.99 Å². The Morgan fingerprint density at radius 2 is 1.70 bits per heavy atom. The van der Waals surface area contributed by atoms with E-state index in [0.29, 0.717) is 27.9 Å². The summed E-state index contributed by atoms with van der Waals surface area (Å²) in [6.07, 6.45) is 3.49. The van der Waals surface area contributed by atoms with E-state index in [0.717, 1.165) is 42.6 Å². The number of carbonyl (C=O) groups excluding carboxylic acids is 2. The van der Waals surface area contributed by atoms with Crippen molar-refractivity contribution >= 4 is 39.3 Å². The van der Waals surface area contributed by atoms with Gasteiger partial charge >= 0.3 is 5.97 Å². The smallest absolute Gasteiger partial charge is 0.326 e. The SMILES string of the molecule is CCC(C(=O)O)n1c(=NC(=O)c2ccc(C)cc2)sc2cc(C(=O)N3CCCCC3)ccc21. The first kappa shape index (κ1) is 22.9. The molecule has 1 aromatic heterocycles. The number of aliphatic carboxylic acids is 1. The molecule has 8 heteroatoms. The van der Waals surface area contributed by atoms with Crippen molar-refractivity contribution < 1.29 is 19.5 Å². The van der Waals surface area contributed by atoms with Gasteiger partial charge in [-0.3, -0.25) is 9.59 Å². The maximum Gasteiger partial charge on any atom is 0.326 e. The molecule has 2 heterocycles. The summed E-state index contributed by atoms with van der Waals surface area (Å²) < 4.78 is 2.33. The second kappa shape index (κ2) is 9.70. The number of thiazole rings is 1. The van der Waals surface area contributed by atoms with Crippen LogP contribution < -0.4 is 4.80 Å². The van der Waals surface area contributed by atoms with E-state index in [1.54, 1.807) is 41.8 Å². The minimum absolute atomic E-state index is 0.0175. The maximum absolute atomic E-state index is 13.0. The van der Waals surface area contributed by atoms with Crippen molar-refractivity contribution in [2.24, 2.45) is 4.99 Å². The first-order valence-electron chi connectivity index (χ1n) is 11.2. The first-order valence-corrected chi connectivity index (χ1v) is 12.0. The average molecular weight is 466 g/mol. The van der Waals surface area contributed by atoms with Crippen LogP contribution in [-0.2, 0) is 4.79 Å². The highest BCUT2D eigenvalue weighted by Gasteiger charge is 2.24. The van der Waals surface area contributed by atoms with Gasteiger partial charge in [-0.1, -0.05) is 36.0 Å². The zero-order valence-electron chi connectivity index (χ0n) is 18.8. The molecule has 2 amide bonds. The Labute approximate surface area is 196 Å². The minimum atomic E-state index is -0.991. The quantitative estimate of drug-likeness (QED) is 0.604. The molecule has 1 unspecified atom stereocenters. The molecule has 0 saturated carbocycles. The number of benzene rings is 2. The number of likely N-dealkylation sites (tertiary alicyclic amines) is 1. The van der Waals surface area contributed by atoms with Crippen molar-refractivity contribution in [2.45, 2.75) is 45.6 Å².